The lowest BCUT2D eigenvalue weighted by Crippen LogP contribution is -2.46. The largest absolute Gasteiger partial charge is 0.394 e. The molecule has 1 aliphatic rings. The predicted octanol–water partition coefficient (Wildman–Crippen LogP) is 4.09. The van der Waals surface area contributed by atoms with Crippen molar-refractivity contribution in [3.8, 4) is 11.3 Å². The number of carbonyl (C=O) groups excluding carboxylic acids is 2. The van der Waals surface area contributed by atoms with Crippen LogP contribution < -0.4 is 10.6 Å². The van der Waals surface area contributed by atoms with Crippen LogP contribution in [0.2, 0.25) is 5.02 Å². The number of aliphatic hydroxyl groups excluding tert-OH is 1. The summed E-state index contributed by atoms with van der Waals surface area (Å²) in [4.78, 5) is 37.0. The molecule has 206 valence electrons. The molecule has 0 spiro atoms. The zero-order valence-corrected chi connectivity index (χ0v) is 23.4. The number of nitrogens with zero attached hydrogens (tertiary/aromatic N) is 5. The molecule has 40 heavy (non-hydrogen) atoms. The van der Waals surface area contributed by atoms with Crippen molar-refractivity contribution in [1.29, 1.82) is 0 Å². The Morgan fingerprint density at radius 1 is 1.18 bits per heavy atom. The second-order valence-corrected chi connectivity index (χ2v) is 10.3. The molecule has 0 saturated heterocycles. The molecule has 1 aliphatic heterocycles. The van der Waals surface area contributed by atoms with Crippen molar-refractivity contribution >= 4 is 35.1 Å². The van der Waals surface area contributed by atoms with Gasteiger partial charge in [-0.3, -0.25) is 14.3 Å². The van der Waals surface area contributed by atoms with Gasteiger partial charge in [-0.25, -0.2) is 9.97 Å². The molecule has 0 unspecified atom stereocenters. The third-order valence-corrected chi connectivity index (χ3v) is 7.51. The van der Waals surface area contributed by atoms with Crippen LogP contribution >= 0.6 is 11.6 Å². The van der Waals surface area contributed by atoms with Crippen molar-refractivity contribution in [3.63, 3.8) is 0 Å². The third-order valence-electron chi connectivity index (χ3n) is 7.23. The van der Waals surface area contributed by atoms with Crippen molar-refractivity contribution in [2.24, 2.45) is 7.05 Å². The lowest BCUT2D eigenvalue weighted by Gasteiger charge is -2.26. The summed E-state index contributed by atoms with van der Waals surface area (Å²) in [5.74, 6) is -0.256. The second-order valence-electron chi connectivity index (χ2n) is 9.92. The molecule has 0 bridgehead atoms. The lowest BCUT2D eigenvalue weighted by molar-refractivity contribution is -0.126. The van der Waals surface area contributed by atoms with E-state index in [1.54, 1.807) is 23.9 Å². The van der Waals surface area contributed by atoms with Crippen LogP contribution in [0.5, 0.6) is 0 Å². The number of hydrogen-bond acceptors (Lipinski definition) is 7. The Balaban J connectivity index is 1.34. The summed E-state index contributed by atoms with van der Waals surface area (Å²) in [5.41, 5.74) is 5.95. The average Bonchev–Trinajstić information content (AvgIpc) is 3.45. The van der Waals surface area contributed by atoms with Crippen LogP contribution in [0.3, 0.4) is 0 Å². The van der Waals surface area contributed by atoms with Gasteiger partial charge in [0.1, 0.15) is 6.04 Å². The first kappa shape index (κ1) is 27.3. The molecule has 2 amide bonds. The van der Waals surface area contributed by atoms with E-state index in [0.29, 0.717) is 34.3 Å². The average molecular weight is 560 g/mol. The molecule has 10 nitrogen and oxygen atoms in total. The Morgan fingerprint density at radius 2 is 1.98 bits per heavy atom. The smallest absolute Gasteiger partial charge is 0.255 e. The number of carbonyl (C=O) groups is 2. The Labute approximate surface area is 237 Å². The summed E-state index contributed by atoms with van der Waals surface area (Å²) >= 11 is 6.46. The maximum absolute atomic E-state index is 13.4. The zero-order valence-electron chi connectivity index (χ0n) is 22.6. The minimum atomic E-state index is -0.747. The first-order valence-corrected chi connectivity index (χ1v) is 13.2. The second kappa shape index (κ2) is 11.1. The summed E-state index contributed by atoms with van der Waals surface area (Å²) < 4.78 is 1.74. The Hall–Kier alpha value is -4.28. The molecule has 2 aromatic heterocycles. The van der Waals surface area contributed by atoms with Gasteiger partial charge < -0.3 is 20.6 Å². The van der Waals surface area contributed by atoms with Crippen molar-refractivity contribution in [2.45, 2.75) is 39.4 Å². The van der Waals surface area contributed by atoms with Gasteiger partial charge in [0.15, 0.2) is 0 Å². The molecule has 0 radical (unpaired) electrons. The van der Waals surface area contributed by atoms with Gasteiger partial charge in [-0.1, -0.05) is 53.6 Å². The van der Waals surface area contributed by atoms with E-state index in [-0.39, 0.29) is 18.4 Å². The zero-order chi connectivity index (χ0) is 28.6. The van der Waals surface area contributed by atoms with Crippen LogP contribution in [0.4, 0.5) is 11.6 Å². The van der Waals surface area contributed by atoms with Crippen molar-refractivity contribution < 1.29 is 14.7 Å². The van der Waals surface area contributed by atoms with E-state index in [9.17, 15) is 14.7 Å². The maximum atomic E-state index is 13.4. The number of benzene rings is 2. The van der Waals surface area contributed by atoms with E-state index in [2.05, 4.69) is 25.7 Å². The maximum Gasteiger partial charge on any atom is 0.255 e. The number of rotatable bonds is 8. The van der Waals surface area contributed by atoms with Crippen LogP contribution in [0.15, 0.2) is 54.9 Å². The number of anilines is 2. The molecule has 4 aromatic rings. The SMILES string of the molecule is Cc1cccc([C@@H](CO)NC(=O)[C@@H](C)N2Cc3ccc(-c4nc(Nc5cnn(C)c5C)ncc4Cl)cc3C2=O)c1. The van der Waals surface area contributed by atoms with Gasteiger partial charge in [0.2, 0.25) is 11.9 Å². The number of aryl methyl sites for hydroxylation is 2. The lowest BCUT2D eigenvalue weighted by atomic mass is 10.0. The first-order chi connectivity index (χ1) is 19.2. The Kier molecular flexibility index (Phi) is 7.55. The molecule has 3 N–H and O–H groups in total. The third kappa shape index (κ3) is 5.28. The van der Waals surface area contributed by atoms with E-state index in [1.165, 1.54) is 11.1 Å². The number of amides is 2. The minimum absolute atomic E-state index is 0.254. The molecule has 2 atom stereocenters. The van der Waals surface area contributed by atoms with Gasteiger partial charge in [-0.15, -0.1) is 0 Å². The highest BCUT2D eigenvalue weighted by atomic mass is 35.5. The molecular formula is C29H30ClN7O3. The van der Waals surface area contributed by atoms with Gasteiger partial charge in [0.05, 0.1) is 47.1 Å². The minimum Gasteiger partial charge on any atom is -0.394 e. The monoisotopic (exact) mass is 559 g/mol. The normalized spacial score (nSPS) is 14.2. The summed E-state index contributed by atoms with van der Waals surface area (Å²) in [7, 11) is 1.85. The summed E-state index contributed by atoms with van der Waals surface area (Å²) in [6, 6.07) is 11.7. The number of fused-ring (bicyclic) bond motifs is 1. The topological polar surface area (TPSA) is 125 Å². The molecule has 5 rings (SSSR count). The van der Waals surface area contributed by atoms with Gasteiger partial charge in [-0.2, -0.15) is 5.10 Å². The fourth-order valence-corrected chi connectivity index (χ4v) is 4.91. The molecular weight excluding hydrogens is 530 g/mol. The van der Waals surface area contributed by atoms with Gasteiger partial charge in [-0.05, 0) is 38.0 Å². The van der Waals surface area contributed by atoms with Crippen molar-refractivity contribution in [3.05, 3.63) is 87.8 Å². The van der Waals surface area contributed by atoms with Crippen LogP contribution in [0.25, 0.3) is 11.3 Å². The molecule has 3 heterocycles. The van der Waals surface area contributed by atoms with E-state index in [1.807, 2.05) is 57.3 Å². The van der Waals surface area contributed by atoms with Crippen LogP contribution in [0, 0.1) is 13.8 Å². The van der Waals surface area contributed by atoms with Crippen LogP contribution in [0.1, 0.15) is 45.7 Å². The summed E-state index contributed by atoms with van der Waals surface area (Å²) in [6.45, 7) is 5.60. The van der Waals surface area contributed by atoms with Crippen molar-refractivity contribution in [1.82, 2.24) is 30.0 Å². The molecule has 0 saturated carbocycles. The van der Waals surface area contributed by atoms with Crippen LogP contribution in [-0.2, 0) is 18.4 Å². The van der Waals surface area contributed by atoms with E-state index >= 15 is 0 Å². The number of aliphatic hydroxyl groups is 1. The Morgan fingerprint density at radius 3 is 2.67 bits per heavy atom. The van der Waals surface area contributed by atoms with E-state index < -0.39 is 12.1 Å². The van der Waals surface area contributed by atoms with Crippen LogP contribution in [-0.4, -0.2) is 54.2 Å². The fourth-order valence-electron chi connectivity index (χ4n) is 4.71. The Bertz CT molecular complexity index is 1600. The highest BCUT2D eigenvalue weighted by Crippen LogP contribution is 2.33. The van der Waals surface area contributed by atoms with Gasteiger partial charge in [0, 0.05) is 24.7 Å². The molecule has 2 aromatic carbocycles. The predicted molar refractivity (Wildman–Crippen MR) is 152 cm³/mol. The quantitative estimate of drug-likeness (QED) is 0.297. The van der Waals surface area contributed by atoms with E-state index in [0.717, 1.165) is 28.1 Å². The van der Waals surface area contributed by atoms with Crippen molar-refractivity contribution in [2.75, 3.05) is 11.9 Å². The number of aromatic nitrogens is 4. The van der Waals surface area contributed by atoms with Gasteiger partial charge >= 0.3 is 0 Å². The molecule has 0 fully saturated rings. The molecule has 11 heteroatoms. The molecule has 0 aliphatic carbocycles. The summed E-state index contributed by atoms with van der Waals surface area (Å²) in [6.07, 6.45) is 3.20. The first-order valence-electron chi connectivity index (χ1n) is 12.9. The summed E-state index contributed by atoms with van der Waals surface area (Å²) in [5, 5.41) is 20.5. The standard InChI is InChI=1S/C29H30ClN7O3/c1-16-6-5-7-19(10-16)25(15-38)33-27(39)18(3)37-14-21-9-8-20(11-22(21)28(37)40)26-23(30)12-31-29(35-26)34-24-13-32-36(4)17(24)2/h5-13,18,25,38H,14-15H2,1-4H3,(H,33,39)(H,31,34,35)/t18-,25-/m1/s1. The highest BCUT2D eigenvalue weighted by Gasteiger charge is 2.35. The number of hydrogen-bond donors (Lipinski definition) is 3. The van der Waals surface area contributed by atoms with E-state index in [4.69, 9.17) is 11.6 Å². The number of halogens is 1. The van der Waals surface area contributed by atoms with Gasteiger partial charge in [0.25, 0.3) is 5.91 Å². The fraction of sp³-hybridized carbons (Fsp3) is 0.276. The number of nitrogens with one attached hydrogen (secondary N) is 2. The highest BCUT2D eigenvalue weighted by molar-refractivity contribution is 6.33.